The predicted octanol–water partition coefficient (Wildman–Crippen LogP) is 3.31. The smallest absolute Gasteiger partial charge is 0.287 e. The van der Waals surface area contributed by atoms with Crippen molar-refractivity contribution in [1.29, 1.82) is 0 Å². The van der Waals surface area contributed by atoms with Crippen LogP contribution in [-0.2, 0) is 0 Å². The molecule has 0 spiro atoms. The van der Waals surface area contributed by atoms with E-state index in [1.54, 1.807) is 30.5 Å². The van der Waals surface area contributed by atoms with Gasteiger partial charge < -0.3 is 19.1 Å². The highest BCUT2D eigenvalue weighted by Crippen LogP contribution is 2.25. The lowest BCUT2D eigenvalue weighted by Crippen LogP contribution is -2.50. The Bertz CT molecular complexity index is 888. The zero-order chi connectivity index (χ0) is 19.3. The van der Waals surface area contributed by atoms with Crippen LogP contribution in [0.4, 0.5) is 10.1 Å². The van der Waals surface area contributed by atoms with Gasteiger partial charge in [0.05, 0.1) is 24.3 Å². The molecule has 28 heavy (non-hydrogen) atoms. The van der Waals surface area contributed by atoms with Crippen LogP contribution < -0.4 is 10.2 Å². The number of anilines is 1. The minimum Gasteiger partial charge on any atom is -0.468 e. The van der Waals surface area contributed by atoms with Gasteiger partial charge in [-0.3, -0.25) is 9.69 Å². The first-order valence-electron chi connectivity index (χ1n) is 9.31. The molecule has 0 bridgehead atoms. The molecule has 6 nitrogen and oxygen atoms in total. The largest absolute Gasteiger partial charge is 0.468 e. The van der Waals surface area contributed by atoms with Gasteiger partial charge in [-0.1, -0.05) is 12.1 Å². The Labute approximate surface area is 162 Å². The van der Waals surface area contributed by atoms with Gasteiger partial charge >= 0.3 is 0 Å². The summed E-state index contributed by atoms with van der Waals surface area (Å²) in [6.45, 7) is 3.26. The van der Waals surface area contributed by atoms with Crippen LogP contribution in [0.2, 0.25) is 0 Å². The standard InChI is InChI=1S/C21H22FN3O3/c22-16-5-1-2-6-17(16)24-9-11-25(12-10-24)18(19-7-3-13-27-19)15-23-21(26)20-8-4-14-28-20/h1-8,13-14,18H,9-12,15H2,(H,23,26). The summed E-state index contributed by atoms with van der Waals surface area (Å²) in [5, 5.41) is 2.91. The van der Waals surface area contributed by atoms with E-state index in [1.165, 1.54) is 12.3 Å². The Morgan fingerprint density at radius 1 is 1.00 bits per heavy atom. The zero-order valence-electron chi connectivity index (χ0n) is 15.4. The quantitative estimate of drug-likeness (QED) is 0.708. The Kier molecular flexibility index (Phi) is 5.43. The van der Waals surface area contributed by atoms with E-state index in [0.717, 1.165) is 18.8 Å². The molecule has 1 N–H and O–H groups in total. The summed E-state index contributed by atoms with van der Waals surface area (Å²) in [7, 11) is 0. The number of hydrogen-bond donors (Lipinski definition) is 1. The molecule has 4 rings (SSSR count). The van der Waals surface area contributed by atoms with Crippen LogP contribution >= 0.6 is 0 Å². The van der Waals surface area contributed by atoms with Gasteiger partial charge in [-0.05, 0) is 36.4 Å². The van der Waals surface area contributed by atoms with Gasteiger partial charge in [-0.25, -0.2) is 4.39 Å². The Balaban J connectivity index is 1.42. The molecule has 1 saturated heterocycles. The molecule has 1 aliphatic heterocycles. The molecule has 0 saturated carbocycles. The van der Waals surface area contributed by atoms with Crippen molar-refractivity contribution in [2.75, 3.05) is 37.6 Å². The highest BCUT2D eigenvalue weighted by atomic mass is 19.1. The van der Waals surface area contributed by atoms with Crippen molar-refractivity contribution in [1.82, 2.24) is 10.2 Å². The molecule has 2 aromatic heterocycles. The highest BCUT2D eigenvalue weighted by molar-refractivity contribution is 5.91. The lowest BCUT2D eigenvalue weighted by Gasteiger charge is -2.39. The molecule has 1 aromatic carbocycles. The van der Waals surface area contributed by atoms with Gasteiger partial charge in [0.2, 0.25) is 0 Å². The number of nitrogens with one attached hydrogen (secondary N) is 1. The fourth-order valence-electron chi connectivity index (χ4n) is 3.56. The maximum absolute atomic E-state index is 14.1. The SMILES string of the molecule is O=C(NCC(c1ccco1)N1CCN(c2ccccc2F)CC1)c1ccco1. The van der Waals surface area contributed by atoms with E-state index in [9.17, 15) is 9.18 Å². The molecule has 3 aromatic rings. The average molecular weight is 383 g/mol. The van der Waals surface area contributed by atoms with Crippen LogP contribution in [0.5, 0.6) is 0 Å². The van der Waals surface area contributed by atoms with Crippen molar-refractivity contribution >= 4 is 11.6 Å². The number of benzene rings is 1. The second-order valence-electron chi connectivity index (χ2n) is 6.69. The molecule has 1 fully saturated rings. The fourth-order valence-corrected chi connectivity index (χ4v) is 3.56. The van der Waals surface area contributed by atoms with Crippen LogP contribution in [-0.4, -0.2) is 43.5 Å². The van der Waals surface area contributed by atoms with E-state index in [1.807, 2.05) is 23.1 Å². The van der Waals surface area contributed by atoms with E-state index in [2.05, 4.69) is 10.2 Å². The monoisotopic (exact) mass is 383 g/mol. The predicted molar refractivity (Wildman–Crippen MR) is 103 cm³/mol. The van der Waals surface area contributed by atoms with Gasteiger partial charge in [0.15, 0.2) is 5.76 Å². The molecular weight excluding hydrogens is 361 g/mol. The van der Waals surface area contributed by atoms with E-state index >= 15 is 0 Å². The number of carbonyl (C=O) groups excluding carboxylic acids is 1. The molecule has 1 unspecified atom stereocenters. The zero-order valence-corrected chi connectivity index (χ0v) is 15.4. The number of amides is 1. The van der Waals surface area contributed by atoms with E-state index in [0.29, 0.717) is 25.3 Å². The van der Waals surface area contributed by atoms with E-state index in [4.69, 9.17) is 8.83 Å². The number of halogens is 1. The van der Waals surface area contributed by atoms with Gasteiger partial charge in [-0.15, -0.1) is 0 Å². The maximum Gasteiger partial charge on any atom is 0.287 e. The number of rotatable bonds is 6. The Morgan fingerprint density at radius 3 is 2.43 bits per heavy atom. The van der Waals surface area contributed by atoms with E-state index < -0.39 is 0 Å². The molecular formula is C21H22FN3O3. The molecule has 7 heteroatoms. The first kappa shape index (κ1) is 18.3. The van der Waals surface area contributed by atoms with Crippen LogP contribution in [0.3, 0.4) is 0 Å². The first-order chi connectivity index (χ1) is 13.7. The lowest BCUT2D eigenvalue weighted by molar-refractivity contribution is 0.0895. The summed E-state index contributed by atoms with van der Waals surface area (Å²) < 4.78 is 24.8. The number of furan rings is 2. The van der Waals surface area contributed by atoms with Gasteiger partial charge in [0.25, 0.3) is 5.91 Å². The first-order valence-corrected chi connectivity index (χ1v) is 9.31. The Hall–Kier alpha value is -3.06. The van der Waals surface area contributed by atoms with E-state index in [-0.39, 0.29) is 23.5 Å². The number of piperazine rings is 1. The van der Waals surface area contributed by atoms with Crippen LogP contribution in [0.25, 0.3) is 0 Å². The third kappa shape index (κ3) is 3.94. The highest BCUT2D eigenvalue weighted by Gasteiger charge is 2.28. The molecule has 1 amide bonds. The summed E-state index contributed by atoms with van der Waals surface area (Å²) in [6, 6.07) is 13.8. The van der Waals surface area contributed by atoms with Crippen LogP contribution in [0, 0.1) is 5.82 Å². The molecule has 146 valence electrons. The third-order valence-corrected chi connectivity index (χ3v) is 5.02. The lowest BCUT2D eigenvalue weighted by atomic mass is 10.1. The number of para-hydroxylation sites is 1. The summed E-state index contributed by atoms with van der Waals surface area (Å²) in [5.74, 6) is 0.609. The van der Waals surface area contributed by atoms with Crippen LogP contribution in [0.15, 0.2) is 69.9 Å². The summed E-state index contributed by atoms with van der Waals surface area (Å²) in [6.07, 6.45) is 3.10. The van der Waals surface area contributed by atoms with Crippen LogP contribution in [0.1, 0.15) is 22.4 Å². The van der Waals surface area contributed by atoms with Crippen molar-refractivity contribution in [2.45, 2.75) is 6.04 Å². The van der Waals surface area contributed by atoms with Crippen molar-refractivity contribution in [2.24, 2.45) is 0 Å². The maximum atomic E-state index is 14.1. The summed E-state index contributed by atoms with van der Waals surface area (Å²) >= 11 is 0. The second kappa shape index (κ2) is 8.31. The van der Waals surface area contributed by atoms with Crippen molar-refractivity contribution in [3.63, 3.8) is 0 Å². The van der Waals surface area contributed by atoms with Crippen molar-refractivity contribution in [3.8, 4) is 0 Å². The van der Waals surface area contributed by atoms with Crippen molar-refractivity contribution in [3.05, 3.63) is 78.4 Å². The van der Waals surface area contributed by atoms with Gasteiger partial charge in [-0.2, -0.15) is 0 Å². The molecule has 0 radical (unpaired) electrons. The molecule has 3 heterocycles. The topological polar surface area (TPSA) is 61.9 Å². The number of nitrogens with zero attached hydrogens (tertiary/aromatic N) is 2. The third-order valence-electron chi connectivity index (χ3n) is 5.02. The second-order valence-corrected chi connectivity index (χ2v) is 6.69. The van der Waals surface area contributed by atoms with Gasteiger partial charge in [0.1, 0.15) is 11.6 Å². The van der Waals surface area contributed by atoms with Gasteiger partial charge in [0, 0.05) is 32.7 Å². The molecule has 0 aliphatic carbocycles. The minimum absolute atomic E-state index is 0.100. The fraction of sp³-hybridized carbons (Fsp3) is 0.286. The van der Waals surface area contributed by atoms with Crippen molar-refractivity contribution < 1.29 is 18.0 Å². The Morgan fingerprint density at radius 2 is 1.75 bits per heavy atom. The number of hydrogen-bond acceptors (Lipinski definition) is 5. The normalized spacial score (nSPS) is 16.1. The molecule has 1 atom stereocenters. The summed E-state index contributed by atoms with van der Waals surface area (Å²) in [5.41, 5.74) is 0.628. The summed E-state index contributed by atoms with van der Waals surface area (Å²) in [4.78, 5) is 16.5. The molecule has 1 aliphatic rings. The minimum atomic E-state index is -0.258. The number of carbonyl (C=O) groups is 1. The average Bonchev–Trinajstić information content (AvgIpc) is 3.43.